The summed E-state index contributed by atoms with van der Waals surface area (Å²) in [5.74, 6) is 4.68. The number of carbonyl (C=O) groups excluding carboxylic acids is 1. The number of amides is 2. The maximum atomic E-state index is 13.0. The van der Waals surface area contributed by atoms with Gasteiger partial charge in [-0.05, 0) is 111 Å². The second-order valence-electron chi connectivity index (χ2n) is 13.6. The van der Waals surface area contributed by atoms with Crippen LogP contribution in [0.5, 0.6) is 46.0 Å². The highest BCUT2D eigenvalue weighted by Gasteiger charge is 2.35. The fourth-order valence-electron chi connectivity index (χ4n) is 7.79. The highest BCUT2D eigenvalue weighted by molar-refractivity contribution is 5.90. The molecule has 4 aromatic rings. The minimum absolute atomic E-state index is 0.121. The van der Waals surface area contributed by atoms with E-state index >= 15 is 0 Å². The predicted octanol–water partition coefficient (Wildman–Crippen LogP) is 7.30. The highest BCUT2D eigenvalue weighted by Crippen LogP contribution is 2.52. The number of likely N-dealkylation sites (N-methyl/N-ethyl adjacent to an activating group) is 2. The van der Waals surface area contributed by atoms with E-state index in [0.29, 0.717) is 64.6 Å². The fourth-order valence-corrected chi connectivity index (χ4v) is 7.79. The van der Waals surface area contributed by atoms with Gasteiger partial charge in [-0.3, -0.25) is 9.80 Å². The Bertz CT molecular complexity index is 1960. The quantitative estimate of drug-likeness (QED) is 0.214. The summed E-state index contributed by atoms with van der Waals surface area (Å²) in [6.07, 6.45) is 2.99. The van der Waals surface area contributed by atoms with Crippen molar-refractivity contribution in [2.24, 2.45) is 0 Å². The second kappa shape index (κ2) is 14.8. The lowest BCUT2D eigenvalue weighted by Crippen LogP contribution is -2.34. The average molecular weight is 709 g/mol. The normalized spacial score (nSPS) is 18.1. The minimum atomic E-state index is -0.305. The molecule has 11 heteroatoms. The van der Waals surface area contributed by atoms with Crippen molar-refractivity contribution in [1.29, 1.82) is 0 Å². The number of hydrogen-bond acceptors (Lipinski definition) is 9. The number of nitrogens with zero attached hydrogens (tertiary/aromatic N) is 2. The Morgan fingerprint density at radius 3 is 2.10 bits per heavy atom. The van der Waals surface area contributed by atoms with Crippen LogP contribution >= 0.6 is 0 Å². The summed E-state index contributed by atoms with van der Waals surface area (Å²) in [5, 5.41) is 5.91. The Balaban J connectivity index is 1.48. The van der Waals surface area contributed by atoms with E-state index in [2.05, 4.69) is 64.9 Å². The molecule has 0 radical (unpaired) electrons. The van der Waals surface area contributed by atoms with Gasteiger partial charge in [0, 0.05) is 49.0 Å². The van der Waals surface area contributed by atoms with Crippen LogP contribution in [0.25, 0.3) is 0 Å². The van der Waals surface area contributed by atoms with E-state index < -0.39 is 0 Å². The van der Waals surface area contributed by atoms with Crippen molar-refractivity contribution in [3.63, 3.8) is 0 Å². The minimum Gasteiger partial charge on any atom is -0.493 e. The van der Waals surface area contributed by atoms with Crippen molar-refractivity contribution in [1.82, 2.24) is 15.1 Å². The first-order chi connectivity index (χ1) is 25.2. The number of carbonyl (C=O) groups is 1. The Labute approximate surface area is 305 Å². The molecule has 0 saturated heterocycles. The van der Waals surface area contributed by atoms with Crippen molar-refractivity contribution in [3.05, 3.63) is 88.0 Å². The molecule has 0 spiro atoms. The van der Waals surface area contributed by atoms with Crippen LogP contribution in [0.4, 0.5) is 10.5 Å². The molecule has 2 atom stereocenters. The summed E-state index contributed by atoms with van der Waals surface area (Å²) in [6, 6.07) is 18.0. The standard InChI is InChI=1S/C41H48N4O7/c1-8-42-41(46)43-30-23-34(48-5)35-21-27(30)18-32-38-26(14-16-45(32)3)20-37(49-6)39(50-7)40(38)52-36-22-29-25(19-33(36)47-4)13-15-44(2)31(29)17-24-9-11-28(51-35)12-10-24/h9-12,19-23,31-32H,8,13-18H2,1-7H3,(H2,42,43,46)/t31-,32-/m0/s1. The summed E-state index contributed by atoms with van der Waals surface area (Å²) in [5.41, 5.74) is 7.20. The molecule has 2 amide bonds. The number of urea groups is 1. The first kappa shape index (κ1) is 35.3. The van der Waals surface area contributed by atoms with Crippen molar-refractivity contribution >= 4 is 11.7 Å². The summed E-state index contributed by atoms with van der Waals surface area (Å²) in [6.45, 7) is 4.10. The summed E-state index contributed by atoms with van der Waals surface area (Å²) >= 11 is 0. The molecule has 4 aliphatic rings. The smallest absolute Gasteiger partial charge is 0.319 e. The largest absolute Gasteiger partial charge is 0.493 e. The zero-order chi connectivity index (χ0) is 36.5. The van der Waals surface area contributed by atoms with Crippen LogP contribution in [0.1, 0.15) is 52.4 Å². The molecule has 0 saturated carbocycles. The molecular formula is C41H48N4O7. The first-order valence-corrected chi connectivity index (χ1v) is 17.8. The number of ether oxygens (including phenoxy) is 6. The molecule has 274 valence electrons. The number of hydrogen-bond donors (Lipinski definition) is 2. The van der Waals surface area contributed by atoms with Gasteiger partial charge in [0.2, 0.25) is 5.75 Å². The van der Waals surface area contributed by atoms with E-state index in [1.165, 1.54) is 16.7 Å². The fraction of sp³-hybridized carbons (Fsp3) is 0.390. The predicted molar refractivity (Wildman–Crippen MR) is 200 cm³/mol. The third kappa shape index (κ3) is 6.66. The van der Waals surface area contributed by atoms with Crippen LogP contribution < -0.4 is 39.1 Å². The molecule has 0 aromatic heterocycles. The van der Waals surface area contributed by atoms with Crippen LogP contribution in [0.2, 0.25) is 0 Å². The maximum absolute atomic E-state index is 13.0. The zero-order valence-electron chi connectivity index (χ0n) is 31.1. The third-order valence-corrected chi connectivity index (χ3v) is 10.6. The Morgan fingerprint density at radius 1 is 0.750 bits per heavy atom. The van der Waals surface area contributed by atoms with Gasteiger partial charge in [-0.15, -0.1) is 0 Å². The van der Waals surface area contributed by atoms with Crippen LogP contribution in [0, 0.1) is 0 Å². The van der Waals surface area contributed by atoms with Crippen LogP contribution in [0.3, 0.4) is 0 Å². The number of benzene rings is 4. The topological polar surface area (TPSA) is 103 Å². The summed E-state index contributed by atoms with van der Waals surface area (Å²) in [7, 11) is 10.9. The van der Waals surface area contributed by atoms with Gasteiger partial charge < -0.3 is 39.1 Å². The summed E-state index contributed by atoms with van der Waals surface area (Å²) < 4.78 is 37.4. The van der Waals surface area contributed by atoms with Gasteiger partial charge in [-0.1, -0.05) is 12.1 Å². The van der Waals surface area contributed by atoms with Gasteiger partial charge >= 0.3 is 6.03 Å². The van der Waals surface area contributed by atoms with Crippen LogP contribution in [-0.4, -0.2) is 78.0 Å². The first-order valence-electron chi connectivity index (χ1n) is 17.8. The van der Waals surface area contributed by atoms with E-state index in [4.69, 9.17) is 28.4 Å². The zero-order valence-corrected chi connectivity index (χ0v) is 31.1. The van der Waals surface area contributed by atoms with E-state index in [9.17, 15) is 4.79 Å². The van der Waals surface area contributed by atoms with Gasteiger partial charge in [0.25, 0.3) is 0 Å². The molecule has 0 fully saturated rings. The van der Waals surface area contributed by atoms with E-state index in [-0.39, 0.29) is 18.1 Å². The number of methoxy groups -OCH3 is 4. The third-order valence-electron chi connectivity index (χ3n) is 10.6. The lowest BCUT2D eigenvalue weighted by molar-refractivity contribution is 0.220. The monoisotopic (exact) mass is 708 g/mol. The van der Waals surface area contributed by atoms with E-state index in [1.54, 1.807) is 28.4 Å². The molecule has 52 heavy (non-hydrogen) atoms. The van der Waals surface area contributed by atoms with Crippen molar-refractivity contribution < 1.29 is 33.2 Å². The highest BCUT2D eigenvalue weighted by atomic mass is 16.5. The SMILES string of the molecule is CCNC(=O)Nc1cc(OC)c2cc1C[C@H]1c3c(cc(OC)c(OC)c3Oc3cc4c(cc3OC)CCN(C)[C@H]4Cc3ccc(cc3)O2)CCN1C. The van der Waals surface area contributed by atoms with Crippen molar-refractivity contribution in [2.75, 3.05) is 67.5 Å². The Kier molecular flexibility index (Phi) is 10.1. The Hall–Kier alpha value is -5.13. The molecular weight excluding hydrogens is 660 g/mol. The summed E-state index contributed by atoms with van der Waals surface area (Å²) in [4.78, 5) is 17.7. The number of rotatable bonds is 6. The molecule has 2 N–H and O–H groups in total. The molecule has 4 aliphatic heterocycles. The van der Waals surface area contributed by atoms with Gasteiger partial charge in [0.05, 0.1) is 28.4 Å². The Morgan fingerprint density at radius 2 is 1.40 bits per heavy atom. The van der Waals surface area contributed by atoms with Gasteiger partial charge in [0.1, 0.15) is 5.75 Å². The number of nitrogens with one attached hydrogen (secondary N) is 2. The van der Waals surface area contributed by atoms with E-state index in [0.717, 1.165) is 49.0 Å². The molecule has 0 unspecified atom stereocenters. The second-order valence-corrected chi connectivity index (χ2v) is 13.6. The number of anilines is 1. The molecule has 11 nitrogen and oxygen atoms in total. The maximum Gasteiger partial charge on any atom is 0.319 e. The van der Waals surface area contributed by atoms with Crippen LogP contribution in [-0.2, 0) is 25.7 Å². The lowest BCUT2D eigenvalue weighted by atomic mass is 9.86. The van der Waals surface area contributed by atoms with Crippen molar-refractivity contribution in [2.45, 2.75) is 44.7 Å². The van der Waals surface area contributed by atoms with Crippen LogP contribution in [0.15, 0.2) is 54.6 Å². The molecule has 8 rings (SSSR count). The number of fused-ring (bicyclic) bond motifs is 2. The van der Waals surface area contributed by atoms with Crippen molar-refractivity contribution in [3.8, 4) is 46.0 Å². The van der Waals surface area contributed by atoms with Gasteiger partial charge in [0.15, 0.2) is 34.5 Å². The van der Waals surface area contributed by atoms with Gasteiger partial charge in [-0.2, -0.15) is 0 Å². The average Bonchev–Trinajstić information content (AvgIpc) is 3.14. The molecule has 4 heterocycles. The molecule has 0 aliphatic carbocycles. The molecule has 6 bridgehead atoms. The lowest BCUT2D eigenvalue weighted by Gasteiger charge is -2.37. The molecule has 4 aromatic carbocycles. The van der Waals surface area contributed by atoms with E-state index in [1.807, 2.05) is 31.2 Å². The van der Waals surface area contributed by atoms with Gasteiger partial charge in [-0.25, -0.2) is 4.79 Å².